The lowest BCUT2D eigenvalue weighted by atomic mass is 10.1. The Morgan fingerprint density at radius 2 is 2.05 bits per heavy atom. The van der Waals surface area contributed by atoms with Gasteiger partial charge in [0, 0.05) is 25.1 Å². The fourth-order valence-electron chi connectivity index (χ4n) is 1.84. The maximum atomic E-state index is 12.2. The van der Waals surface area contributed by atoms with E-state index < -0.39 is 10.9 Å². The van der Waals surface area contributed by atoms with Crippen LogP contribution in [0.5, 0.6) is 0 Å². The summed E-state index contributed by atoms with van der Waals surface area (Å²) >= 11 is 0. The van der Waals surface area contributed by atoms with Crippen LogP contribution in [0.1, 0.15) is 26.7 Å². The molecule has 7 heteroatoms. The van der Waals surface area contributed by atoms with Crippen LogP contribution in [0.3, 0.4) is 0 Å². The lowest BCUT2D eigenvalue weighted by Crippen LogP contribution is -2.33. The normalized spacial score (nSPS) is 10.4. The van der Waals surface area contributed by atoms with Crippen molar-refractivity contribution in [3.05, 3.63) is 34.4 Å². The molecular formula is C14H18N2O5. The van der Waals surface area contributed by atoms with Gasteiger partial charge in [-0.25, -0.2) is 0 Å². The molecule has 0 atom stereocenters. The maximum Gasteiger partial charge on any atom is 0.305 e. The Balaban J connectivity index is 3.04. The van der Waals surface area contributed by atoms with E-state index >= 15 is 0 Å². The van der Waals surface area contributed by atoms with E-state index in [2.05, 4.69) is 0 Å². The van der Waals surface area contributed by atoms with Crippen LogP contribution in [0.15, 0.2) is 24.3 Å². The molecule has 0 radical (unpaired) electrons. The number of hydrogen-bond acceptors (Lipinski definition) is 4. The van der Waals surface area contributed by atoms with E-state index in [0.717, 1.165) is 0 Å². The van der Waals surface area contributed by atoms with Gasteiger partial charge in [0.05, 0.1) is 17.0 Å². The number of carbonyl (C=O) groups is 2. The summed E-state index contributed by atoms with van der Waals surface area (Å²) in [5, 5.41) is 19.6. The van der Waals surface area contributed by atoms with Crippen LogP contribution in [0.4, 0.5) is 11.4 Å². The topological polar surface area (TPSA) is 101 Å². The van der Waals surface area contributed by atoms with Crippen molar-refractivity contribution in [2.75, 3.05) is 11.4 Å². The number of benzene rings is 1. The van der Waals surface area contributed by atoms with Crippen molar-refractivity contribution in [1.29, 1.82) is 0 Å². The smallest absolute Gasteiger partial charge is 0.305 e. The number of amides is 1. The molecule has 0 aliphatic carbocycles. The molecule has 1 N–H and O–H groups in total. The van der Waals surface area contributed by atoms with Crippen molar-refractivity contribution < 1.29 is 19.6 Å². The molecule has 0 bridgehead atoms. The minimum atomic E-state index is -1.03. The van der Waals surface area contributed by atoms with Gasteiger partial charge in [-0.15, -0.1) is 0 Å². The first kappa shape index (κ1) is 16.6. The van der Waals surface area contributed by atoms with Gasteiger partial charge in [-0.05, 0) is 12.0 Å². The number of hydrogen-bond donors (Lipinski definition) is 1. The Morgan fingerprint density at radius 1 is 1.38 bits per heavy atom. The Morgan fingerprint density at radius 3 is 2.57 bits per heavy atom. The van der Waals surface area contributed by atoms with Crippen molar-refractivity contribution >= 4 is 23.3 Å². The zero-order valence-electron chi connectivity index (χ0n) is 12.0. The number of carboxylic acids is 1. The molecule has 0 heterocycles. The van der Waals surface area contributed by atoms with Gasteiger partial charge in [-0.1, -0.05) is 19.9 Å². The molecule has 1 aromatic carbocycles. The number of non-ortho nitro benzene ring substituents is 1. The minimum Gasteiger partial charge on any atom is -0.481 e. The molecule has 0 aliphatic rings. The number of carboxylic acid groups (broad SMARTS) is 1. The summed E-state index contributed by atoms with van der Waals surface area (Å²) in [6, 6.07) is 5.64. The number of aliphatic carboxylic acids is 1. The van der Waals surface area contributed by atoms with Gasteiger partial charge in [0.25, 0.3) is 5.69 Å². The van der Waals surface area contributed by atoms with Crippen molar-refractivity contribution in [3.63, 3.8) is 0 Å². The molecular weight excluding hydrogens is 276 g/mol. The van der Waals surface area contributed by atoms with E-state index in [0.29, 0.717) is 5.69 Å². The molecule has 0 unspecified atom stereocenters. The van der Waals surface area contributed by atoms with Crippen molar-refractivity contribution in [2.24, 2.45) is 5.92 Å². The number of rotatable bonds is 7. The summed E-state index contributed by atoms with van der Waals surface area (Å²) in [6.07, 6.45) is 0.0365. The zero-order chi connectivity index (χ0) is 16.0. The van der Waals surface area contributed by atoms with E-state index in [1.807, 2.05) is 13.8 Å². The van der Waals surface area contributed by atoms with Gasteiger partial charge in [-0.3, -0.25) is 19.7 Å². The zero-order valence-corrected chi connectivity index (χ0v) is 12.0. The fourth-order valence-corrected chi connectivity index (χ4v) is 1.84. The highest BCUT2D eigenvalue weighted by Crippen LogP contribution is 2.22. The highest BCUT2D eigenvalue weighted by atomic mass is 16.6. The molecule has 0 aromatic heterocycles. The van der Waals surface area contributed by atoms with Crippen LogP contribution in [0, 0.1) is 16.0 Å². The highest BCUT2D eigenvalue weighted by molar-refractivity contribution is 5.94. The Hall–Kier alpha value is -2.44. The summed E-state index contributed by atoms with van der Waals surface area (Å²) < 4.78 is 0. The van der Waals surface area contributed by atoms with Crippen molar-refractivity contribution in [2.45, 2.75) is 26.7 Å². The maximum absolute atomic E-state index is 12.2. The highest BCUT2D eigenvalue weighted by Gasteiger charge is 2.19. The van der Waals surface area contributed by atoms with E-state index in [-0.39, 0.29) is 36.9 Å². The van der Waals surface area contributed by atoms with Crippen molar-refractivity contribution in [3.8, 4) is 0 Å². The molecule has 21 heavy (non-hydrogen) atoms. The molecule has 0 saturated carbocycles. The van der Waals surface area contributed by atoms with E-state index in [4.69, 9.17) is 5.11 Å². The van der Waals surface area contributed by atoms with Crippen LogP contribution in [0.25, 0.3) is 0 Å². The number of nitro groups is 1. The molecule has 0 spiro atoms. The standard InChI is InChI=1S/C14H18N2O5/c1-10(2)8-13(17)15(7-6-14(18)19)11-4-3-5-12(9-11)16(20)21/h3-5,9-10H,6-8H2,1-2H3,(H,18,19). The molecule has 7 nitrogen and oxygen atoms in total. The summed E-state index contributed by atoms with van der Waals surface area (Å²) in [5.74, 6) is -1.15. The van der Waals surface area contributed by atoms with E-state index in [1.54, 1.807) is 6.07 Å². The summed E-state index contributed by atoms with van der Waals surface area (Å²) in [7, 11) is 0. The second kappa shape index (κ2) is 7.37. The quantitative estimate of drug-likeness (QED) is 0.615. The van der Waals surface area contributed by atoms with Gasteiger partial charge >= 0.3 is 5.97 Å². The second-order valence-electron chi connectivity index (χ2n) is 5.06. The number of carbonyl (C=O) groups excluding carboxylic acids is 1. The van der Waals surface area contributed by atoms with Crippen LogP contribution in [-0.2, 0) is 9.59 Å². The van der Waals surface area contributed by atoms with Gasteiger partial charge in [0.2, 0.25) is 5.91 Å². The third-order valence-electron chi connectivity index (χ3n) is 2.79. The third kappa shape index (κ3) is 5.21. The van der Waals surface area contributed by atoms with Gasteiger partial charge in [0.15, 0.2) is 0 Å². The van der Waals surface area contributed by atoms with E-state index in [1.165, 1.54) is 23.1 Å². The largest absolute Gasteiger partial charge is 0.481 e. The first-order valence-electron chi connectivity index (χ1n) is 6.58. The summed E-state index contributed by atoms with van der Waals surface area (Å²) in [4.78, 5) is 34.5. The monoisotopic (exact) mass is 294 g/mol. The molecule has 0 fully saturated rings. The van der Waals surface area contributed by atoms with Crippen LogP contribution in [0.2, 0.25) is 0 Å². The van der Waals surface area contributed by atoms with Gasteiger partial charge in [-0.2, -0.15) is 0 Å². The molecule has 1 amide bonds. The lowest BCUT2D eigenvalue weighted by Gasteiger charge is -2.23. The van der Waals surface area contributed by atoms with Crippen LogP contribution < -0.4 is 4.90 Å². The van der Waals surface area contributed by atoms with E-state index in [9.17, 15) is 19.7 Å². The third-order valence-corrected chi connectivity index (χ3v) is 2.79. The lowest BCUT2D eigenvalue weighted by molar-refractivity contribution is -0.384. The number of nitrogens with zero attached hydrogens (tertiary/aromatic N) is 2. The first-order valence-corrected chi connectivity index (χ1v) is 6.58. The number of nitro benzene ring substituents is 1. The molecule has 1 aromatic rings. The molecule has 114 valence electrons. The average molecular weight is 294 g/mol. The predicted octanol–water partition coefficient (Wildman–Crippen LogP) is 2.45. The van der Waals surface area contributed by atoms with Gasteiger partial charge < -0.3 is 10.0 Å². The second-order valence-corrected chi connectivity index (χ2v) is 5.06. The SMILES string of the molecule is CC(C)CC(=O)N(CCC(=O)O)c1cccc([N+](=O)[O-])c1. The summed E-state index contributed by atoms with van der Waals surface area (Å²) in [6.45, 7) is 3.74. The Labute approximate surface area is 122 Å². The van der Waals surface area contributed by atoms with Crippen LogP contribution in [-0.4, -0.2) is 28.5 Å². The Kier molecular flexibility index (Phi) is 5.83. The minimum absolute atomic E-state index is 0.0119. The molecule has 1 rings (SSSR count). The molecule has 0 aliphatic heterocycles. The summed E-state index contributed by atoms with van der Waals surface area (Å²) in [5.41, 5.74) is 0.210. The average Bonchev–Trinajstić information content (AvgIpc) is 2.38. The Bertz CT molecular complexity index is 542. The number of anilines is 1. The van der Waals surface area contributed by atoms with Crippen LogP contribution >= 0.6 is 0 Å². The molecule has 0 saturated heterocycles. The van der Waals surface area contributed by atoms with Crippen molar-refractivity contribution in [1.82, 2.24) is 0 Å². The van der Waals surface area contributed by atoms with Gasteiger partial charge in [0.1, 0.15) is 0 Å². The predicted molar refractivity (Wildman–Crippen MR) is 77.2 cm³/mol. The first-order chi connectivity index (χ1) is 9.81. The fraction of sp³-hybridized carbons (Fsp3) is 0.429.